The number of aromatic nitrogens is 3. The number of carbonyl (C=O) groups is 1. The zero-order chi connectivity index (χ0) is 25.1. The second kappa shape index (κ2) is 10.3. The molecule has 35 heavy (non-hydrogen) atoms. The molecule has 1 unspecified atom stereocenters. The van der Waals surface area contributed by atoms with Crippen molar-refractivity contribution in [3.8, 4) is 11.4 Å². The molecular formula is C27H29N3O5. The number of aryl methyl sites for hydroxylation is 1. The Labute approximate surface area is 202 Å². The SMILES string of the molecule is CC.CC(O)c1cc2n(c(=O)c1COC=O)Cc1c-2nc2ccc3ncccc3c2c1CCCO. The minimum Gasteiger partial charge on any atom is -0.463 e. The number of fused-ring (bicyclic) bond motifs is 6. The van der Waals surface area contributed by atoms with Crippen molar-refractivity contribution in [2.45, 2.75) is 52.9 Å². The molecule has 1 aliphatic rings. The van der Waals surface area contributed by atoms with Gasteiger partial charge in [0, 0.05) is 29.1 Å². The van der Waals surface area contributed by atoms with Crippen molar-refractivity contribution < 1.29 is 19.7 Å². The summed E-state index contributed by atoms with van der Waals surface area (Å²) in [6.45, 7) is 6.03. The van der Waals surface area contributed by atoms with E-state index in [1.165, 1.54) is 0 Å². The summed E-state index contributed by atoms with van der Waals surface area (Å²) in [6.07, 6.45) is 2.03. The molecule has 3 aromatic heterocycles. The van der Waals surface area contributed by atoms with Crippen molar-refractivity contribution in [3.05, 3.63) is 69.1 Å². The number of aliphatic hydroxyl groups excluding tert-OH is 2. The maximum absolute atomic E-state index is 13.4. The van der Waals surface area contributed by atoms with Crippen LogP contribution >= 0.6 is 0 Å². The van der Waals surface area contributed by atoms with E-state index in [-0.39, 0.29) is 24.3 Å². The highest BCUT2D eigenvalue weighted by Crippen LogP contribution is 2.39. The van der Waals surface area contributed by atoms with Gasteiger partial charge in [-0.15, -0.1) is 0 Å². The molecular weight excluding hydrogens is 446 g/mol. The topological polar surface area (TPSA) is 115 Å². The first-order valence-corrected chi connectivity index (χ1v) is 11.9. The van der Waals surface area contributed by atoms with E-state index in [1.807, 2.05) is 38.1 Å². The molecule has 8 nitrogen and oxygen atoms in total. The monoisotopic (exact) mass is 475 g/mol. The van der Waals surface area contributed by atoms with Crippen LogP contribution in [0.3, 0.4) is 0 Å². The van der Waals surface area contributed by atoms with Crippen molar-refractivity contribution >= 4 is 28.3 Å². The number of hydrogen-bond acceptors (Lipinski definition) is 7. The molecule has 0 saturated heterocycles. The van der Waals surface area contributed by atoms with Crippen molar-refractivity contribution in [1.29, 1.82) is 0 Å². The van der Waals surface area contributed by atoms with Gasteiger partial charge in [0.05, 0.1) is 40.6 Å². The van der Waals surface area contributed by atoms with Gasteiger partial charge in [-0.3, -0.25) is 14.6 Å². The first-order chi connectivity index (χ1) is 17.0. The fourth-order valence-corrected chi connectivity index (χ4v) is 4.80. The normalized spacial score (nSPS) is 12.6. The number of rotatable bonds is 7. The van der Waals surface area contributed by atoms with E-state index >= 15 is 0 Å². The predicted molar refractivity (Wildman–Crippen MR) is 134 cm³/mol. The van der Waals surface area contributed by atoms with Gasteiger partial charge >= 0.3 is 0 Å². The maximum Gasteiger partial charge on any atom is 0.293 e. The van der Waals surface area contributed by atoms with Crippen LogP contribution in [0.4, 0.5) is 0 Å². The third kappa shape index (κ3) is 4.19. The van der Waals surface area contributed by atoms with Gasteiger partial charge in [-0.1, -0.05) is 19.9 Å². The van der Waals surface area contributed by atoms with Crippen LogP contribution in [0.2, 0.25) is 0 Å². The van der Waals surface area contributed by atoms with Crippen LogP contribution in [0.5, 0.6) is 0 Å². The third-order valence-electron chi connectivity index (χ3n) is 6.27. The molecule has 4 heterocycles. The summed E-state index contributed by atoms with van der Waals surface area (Å²) < 4.78 is 6.48. The summed E-state index contributed by atoms with van der Waals surface area (Å²) >= 11 is 0. The molecule has 0 amide bonds. The summed E-state index contributed by atoms with van der Waals surface area (Å²) in [5.41, 5.74) is 5.28. The zero-order valence-electron chi connectivity index (χ0n) is 20.1. The molecule has 2 N–H and O–H groups in total. The molecule has 0 saturated carbocycles. The van der Waals surface area contributed by atoms with E-state index in [1.54, 1.807) is 23.8 Å². The molecule has 4 aromatic rings. The van der Waals surface area contributed by atoms with E-state index in [9.17, 15) is 19.8 Å². The van der Waals surface area contributed by atoms with Crippen molar-refractivity contribution in [2.75, 3.05) is 6.61 Å². The van der Waals surface area contributed by atoms with Crippen molar-refractivity contribution in [1.82, 2.24) is 14.5 Å². The molecule has 0 aliphatic carbocycles. The van der Waals surface area contributed by atoms with Crippen molar-refractivity contribution in [2.24, 2.45) is 0 Å². The van der Waals surface area contributed by atoms with Crippen LogP contribution in [0.15, 0.2) is 41.3 Å². The molecule has 1 aliphatic heterocycles. The second-order valence-electron chi connectivity index (χ2n) is 8.21. The summed E-state index contributed by atoms with van der Waals surface area (Å²) in [6, 6.07) is 9.51. The largest absolute Gasteiger partial charge is 0.463 e. The van der Waals surface area contributed by atoms with Crippen molar-refractivity contribution in [3.63, 3.8) is 0 Å². The number of pyridine rings is 3. The molecule has 0 spiro atoms. The van der Waals surface area contributed by atoms with Crippen LogP contribution in [-0.4, -0.2) is 37.8 Å². The predicted octanol–water partition coefficient (Wildman–Crippen LogP) is 3.65. The van der Waals surface area contributed by atoms with Crippen LogP contribution in [0, 0.1) is 0 Å². The highest BCUT2D eigenvalue weighted by atomic mass is 16.5. The maximum atomic E-state index is 13.4. The highest BCUT2D eigenvalue weighted by molar-refractivity contribution is 6.07. The van der Waals surface area contributed by atoms with Gasteiger partial charge in [0.2, 0.25) is 0 Å². The molecule has 182 valence electrons. The Bertz CT molecular complexity index is 1460. The lowest BCUT2D eigenvalue weighted by Gasteiger charge is -2.14. The van der Waals surface area contributed by atoms with Crippen LogP contribution in [0.25, 0.3) is 33.2 Å². The fraction of sp³-hybridized carbons (Fsp3) is 0.333. The number of benzene rings is 1. The Kier molecular flexibility index (Phi) is 7.23. The van der Waals surface area contributed by atoms with E-state index < -0.39 is 6.10 Å². The Balaban J connectivity index is 0.00000141. The van der Waals surface area contributed by atoms with Gasteiger partial charge in [-0.25, -0.2) is 4.98 Å². The number of hydrogen-bond donors (Lipinski definition) is 2. The highest BCUT2D eigenvalue weighted by Gasteiger charge is 2.29. The summed E-state index contributed by atoms with van der Waals surface area (Å²) in [5, 5.41) is 21.8. The lowest BCUT2D eigenvalue weighted by atomic mass is 9.94. The van der Waals surface area contributed by atoms with Gasteiger partial charge < -0.3 is 19.5 Å². The zero-order valence-corrected chi connectivity index (χ0v) is 20.1. The first kappa shape index (κ1) is 24.5. The Morgan fingerprint density at radius 2 is 1.97 bits per heavy atom. The van der Waals surface area contributed by atoms with E-state index in [0.29, 0.717) is 42.8 Å². The standard InChI is InChI=1S/C25H23N3O5.C2H6/c1-14(31)17-10-22-24-18(11-28(22)25(32)19(17)12-33-13-30)15(5-3-9-29)23-16-4-2-8-26-20(16)6-7-21(23)27-24;1-2/h2,4,6-8,10,13-14,29,31H,3,5,9,11-12H2,1H3;1-2H3. The molecule has 0 radical (unpaired) electrons. The summed E-state index contributed by atoms with van der Waals surface area (Å²) in [7, 11) is 0. The number of aliphatic hydroxyl groups is 2. The smallest absolute Gasteiger partial charge is 0.293 e. The third-order valence-corrected chi connectivity index (χ3v) is 6.27. The quantitative estimate of drug-likeness (QED) is 0.273. The van der Waals surface area contributed by atoms with Gasteiger partial charge in [0.1, 0.15) is 6.61 Å². The molecule has 0 bridgehead atoms. The van der Waals surface area contributed by atoms with E-state index in [0.717, 1.165) is 32.9 Å². The first-order valence-electron chi connectivity index (χ1n) is 11.9. The fourth-order valence-electron chi connectivity index (χ4n) is 4.80. The van der Waals surface area contributed by atoms with Gasteiger partial charge in [-0.2, -0.15) is 0 Å². The molecule has 0 fully saturated rings. The summed E-state index contributed by atoms with van der Waals surface area (Å²) in [5.74, 6) is 0. The molecule has 1 atom stereocenters. The Morgan fingerprint density at radius 3 is 2.69 bits per heavy atom. The minimum atomic E-state index is -0.915. The molecule has 1 aromatic carbocycles. The Hall–Kier alpha value is -3.62. The average Bonchev–Trinajstić information content (AvgIpc) is 3.25. The minimum absolute atomic E-state index is 0.0495. The lowest BCUT2D eigenvalue weighted by Crippen LogP contribution is -2.26. The van der Waals surface area contributed by atoms with Gasteiger partial charge in [-0.05, 0) is 55.2 Å². The van der Waals surface area contributed by atoms with Gasteiger partial charge in [0.25, 0.3) is 12.0 Å². The van der Waals surface area contributed by atoms with E-state index in [2.05, 4.69) is 4.98 Å². The molecule has 5 rings (SSSR count). The number of nitrogens with zero attached hydrogens (tertiary/aromatic N) is 3. The van der Waals surface area contributed by atoms with Crippen LogP contribution < -0.4 is 5.56 Å². The second-order valence-corrected chi connectivity index (χ2v) is 8.21. The number of carbonyl (C=O) groups excluding carboxylic acids is 1. The van der Waals surface area contributed by atoms with Gasteiger partial charge in [0.15, 0.2) is 0 Å². The Morgan fingerprint density at radius 1 is 1.20 bits per heavy atom. The summed E-state index contributed by atoms with van der Waals surface area (Å²) in [4.78, 5) is 33.5. The van der Waals surface area contributed by atoms with Crippen LogP contribution in [-0.2, 0) is 29.1 Å². The average molecular weight is 476 g/mol. The lowest BCUT2D eigenvalue weighted by molar-refractivity contribution is -0.129. The van der Waals surface area contributed by atoms with Crippen LogP contribution in [0.1, 0.15) is 55.5 Å². The van der Waals surface area contributed by atoms with E-state index in [4.69, 9.17) is 9.72 Å². The number of ether oxygens (including phenoxy) is 1. The molecule has 8 heteroatoms.